The van der Waals surface area contributed by atoms with Crippen molar-refractivity contribution in [3.63, 3.8) is 0 Å². The number of allylic oxidation sites excluding steroid dienone is 8. The van der Waals surface area contributed by atoms with Gasteiger partial charge in [-0.1, -0.05) is 300 Å². The second-order valence-electron chi connectivity index (χ2n) is 22.8. The monoisotopic (exact) mass is 1050 g/mol. The number of amides is 1. The average Bonchev–Trinajstić information content (AvgIpc) is 3.41. The van der Waals surface area contributed by atoms with Crippen molar-refractivity contribution in [2.24, 2.45) is 0 Å². The maximum atomic E-state index is 12.5. The fourth-order valence-electron chi connectivity index (χ4n) is 10.2. The van der Waals surface area contributed by atoms with Crippen LogP contribution in [0.5, 0.6) is 0 Å². The highest BCUT2D eigenvalue weighted by atomic mass is 16.5. The molecule has 1 amide bonds. The van der Waals surface area contributed by atoms with Crippen molar-refractivity contribution < 1.29 is 24.5 Å². The second-order valence-corrected chi connectivity index (χ2v) is 22.8. The van der Waals surface area contributed by atoms with Gasteiger partial charge in [0.1, 0.15) is 0 Å². The zero-order chi connectivity index (χ0) is 54.3. The van der Waals surface area contributed by atoms with Crippen LogP contribution in [-0.2, 0) is 14.3 Å². The Labute approximate surface area is 467 Å². The molecule has 6 nitrogen and oxygen atoms in total. The van der Waals surface area contributed by atoms with Gasteiger partial charge in [-0.15, -0.1) is 0 Å². The Hall–Kier alpha value is -2.18. The number of ether oxygens (including phenoxy) is 1. The topological polar surface area (TPSA) is 95.9 Å². The van der Waals surface area contributed by atoms with Crippen molar-refractivity contribution in [1.29, 1.82) is 0 Å². The third-order valence-electron chi connectivity index (χ3n) is 15.4. The predicted molar refractivity (Wildman–Crippen MR) is 329 cm³/mol. The van der Waals surface area contributed by atoms with Gasteiger partial charge in [-0.3, -0.25) is 9.59 Å². The number of nitrogens with one attached hydrogen (secondary N) is 1. The number of aliphatic hydroxyl groups is 2. The number of unbranched alkanes of at least 4 members (excludes halogenated alkanes) is 43. The van der Waals surface area contributed by atoms with Gasteiger partial charge in [-0.2, -0.15) is 0 Å². The fourth-order valence-corrected chi connectivity index (χ4v) is 10.2. The number of esters is 1. The molecule has 0 aromatic rings. The highest BCUT2D eigenvalue weighted by Gasteiger charge is 2.20. The van der Waals surface area contributed by atoms with Crippen LogP contribution in [0.15, 0.2) is 48.6 Å². The second kappa shape index (κ2) is 64.3. The van der Waals surface area contributed by atoms with Crippen molar-refractivity contribution in [2.45, 2.75) is 366 Å². The number of rotatable bonds is 62. The molecule has 3 N–H and O–H groups in total. The molecule has 440 valence electrons. The average molecular weight is 1050 g/mol. The Morgan fingerprint density at radius 3 is 1.03 bits per heavy atom. The van der Waals surface area contributed by atoms with Crippen LogP contribution >= 0.6 is 0 Å². The van der Waals surface area contributed by atoms with Gasteiger partial charge < -0.3 is 20.3 Å². The van der Waals surface area contributed by atoms with E-state index in [4.69, 9.17) is 4.74 Å². The van der Waals surface area contributed by atoms with Gasteiger partial charge in [0.05, 0.1) is 25.4 Å². The number of carbonyl (C=O) groups excluding carboxylic acids is 2. The Morgan fingerprint density at radius 2 is 0.667 bits per heavy atom. The van der Waals surface area contributed by atoms with Crippen LogP contribution in [0.2, 0.25) is 0 Å². The third-order valence-corrected chi connectivity index (χ3v) is 15.4. The summed E-state index contributed by atoms with van der Waals surface area (Å²) in [7, 11) is 0. The molecule has 0 saturated carbocycles. The van der Waals surface area contributed by atoms with Gasteiger partial charge in [0.25, 0.3) is 0 Å². The zero-order valence-corrected chi connectivity index (χ0v) is 50.3. The van der Waals surface area contributed by atoms with Crippen LogP contribution in [0.1, 0.15) is 354 Å². The molecule has 0 aromatic heterocycles. The van der Waals surface area contributed by atoms with Crippen molar-refractivity contribution in [2.75, 3.05) is 13.2 Å². The SMILES string of the molecule is CCCCCC/C=C\C/C=C\CCCCCCCCCC(=O)OCCCCCCCCCCC/C=C\C/C=C\CCCCCCCCCCCCCC(=O)NC(CO)C(O)CCCCCCCCCCCCCCC. The molecule has 0 aliphatic rings. The minimum atomic E-state index is -0.666. The highest BCUT2D eigenvalue weighted by Crippen LogP contribution is 2.17. The van der Waals surface area contributed by atoms with E-state index in [1.165, 1.54) is 263 Å². The first kappa shape index (κ1) is 72.8. The van der Waals surface area contributed by atoms with E-state index in [1.54, 1.807) is 0 Å². The highest BCUT2D eigenvalue weighted by molar-refractivity contribution is 5.76. The summed E-state index contributed by atoms with van der Waals surface area (Å²) < 4.78 is 5.49. The van der Waals surface area contributed by atoms with E-state index in [-0.39, 0.29) is 18.5 Å². The molecule has 0 spiro atoms. The molecule has 0 heterocycles. The standard InChI is InChI=1S/C69H129NO5/c1-3-5-7-9-11-13-15-17-18-19-32-35-39-43-47-51-55-59-63-69(74)75-64-60-56-52-48-44-40-36-33-30-28-26-24-22-20-21-23-25-27-29-31-34-38-42-46-50-54-58-62-68(73)70-66(65-71)67(72)61-57-53-49-45-41-37-16-14-12-10-8-6-4-2/h13,15,18-21,24,26,66-67,71-72H,3-12,14,16-17,22-23,25,27-65H2,1-2H3,(H,70,73)/b15-13-,19-18-,21-20-,26-24-. The van der Waals surface area contributed by atoms with Crippen LogP contribution in [-0.4, -0.2) is 47.4 Å². The lowest BCUT2D eigenvalue weighted by Crippen LogP contribution is -2.45. The van der Waals surface area contributed by atoms with E-state index in [2.05, 4.69) is 67.8 Å². The fraction of sp³-hybridized carbons (Fsp3) is 0.855. The van der Waals surface area contributed by atoms with Crippen molar-refractivity contribution in [1.82, 2.24) is 5.32 Å². The lowest BCUT2D eigenvalue weighted by molar-refractivity contribution is -0.143. The first-order valence-corrected chi connectivity index (χ1v) is 33.4. The summed E-state index contributed by atoms with van der Waals surface area (Å²) >= 11 is 0. The first-order valence-electron chi connectivity index (χ1n) is 33.4. The van der Waals surface area contributed by atoms with Gasteiger partial charge >= 0.3 is 5.97 Å². The van der Waals surface area contributed by atoms with E-state index >= 15 is 0 Å². The van der Waals surface area contributed by atoms with Crippen LogP contribution in [0.3, 0.4) is 0 Å². The van der Waals surface area contributed by atoms with E-state index in [0.29, 0.717) is 25.9 Å². The van der Waals surface area contributed by atoms with Crippen LogP contribution in [0.25, 0.3) is 0 Å². The summed E-state index contributed by atoms with van der Waals surface area (Å²) in [6.45, 7) is 4.94. The molecule has 0 aliphatic heterocycles. The van der Waals surface area contributed by atoms with Gasteiger partial charge in [0.2, 0.25) is 5.91 Å². The molecular formula is C69H129NO5. The van der Waals surface area contributed by atoms with E-state index in [1.807, 2.05) is 0 Å². The van der Waals surface area contributed by atoms with Crippen molar-refractivity contribution in [3.05, 3.63) is 48.6 Å². The summed E-state index contributed by atoms with van der Waals surface area (Å²) in [5.74, 6) is -0.0343. The van der Waals surface area contributed by atoms with Crippen LogP contribution in [0.4, 0.5) is 0 Å². The Kier molecular flexibility index (Phi) is 62.5. The van der Waals surface area contributed by atoms with Gasteiger partial charge in [0.15, 0.2) is 0 Å². The van der Waals surface area contributed by atoms with Gasteiger partial charge in [-0.25, -0.2) is 0 Å². The number of hydrogen-bond donors (Lipinski definition) is 3. The molecule has 0 aliphatic carbocycles. The Balaban J connectivity index is 3.41. The molecule has 0 radical (unpaired) electrons. The van der Waals surface area contributed by atoms with Crippen LogP contribution < -0.4 is 5.32 Å². The number of carbonyl (C=O) groups is 2. The van der Waals surface area contributed by atoms with E-state index in [0.717, 1.165) is 57.8 Å². The van der Waals surface area contributed by atoms with Gasteiger partial charge in [0, 0.05) is 12.8 Å². The summed E-state index contributed by atoms with van der Waals surface area (Å²) in [6.07, 6.45) is 82.8. The molecule has 0 aromatic carbocycles. The Bertz CT molecular complexity index is 1260. The summed E-state index contributed by atoms with van der Waals surface area (Å²) in [6, 6.07) is -0.544. The molecule has 0 bridgehead atoms. The predicted octanol–water partition coefficient (Wildman–Crippen LogP) is 21.3. The summed E-state index contributed by atoms with van der Waals surface area (Å²) in [4.78, 5) is 24.6. The van der Waals surface area contributed by atoms with E-state index in [9.17, 15) is 19.8 Å². The van der Waals surface area contributed by atoms with Crippen LogP contribution in [0, 0.1) is 0 Å². The number of aliphatic hydroxyl groups excluding tert-OH is 2. The number of hydrogen-bond acceptors (Lipinski definition) is 5. The van der Waals surface area contributed by atoms with Gasteiger partial charge in [-0.05, 0) is 89.9 Å². The van der Waals surface area contributed by atoms with E-state index < -0.39 is 12.1 Å². The maximum Gasteiger partial charge on any atom is 0.305 e. The molecule has 0 fully saturated rings. The molecule has 0 rings (SSSR count). The normalized spacial score (nSPS) is 12.9. The first-order chi connectivity index (χ1) is 37.0. The largest absolute Gasteiger partial charge is 0.466 e. The molecule has 0 saturated heterocycles. The van der Waals surface area contributed by atoms with Crippen molar-refractivity contribution in [3.8, 4) is 0 Å². The summed E-state index contributed by atoms with van der Waals surface area (Å²) in [5.41, 5.74) is 0. The zero-order valence-electron chi connectivity index (χ0n) is 50.3. The molecular weight excluding hydrogens is 923 g/mol. The lowest BCUT2D eigenvalue weighted by Gasteiger charge is -2.22. The Morgan fingerprint density at radius 1 is 0.373 bits per heavy atom. The quantitative estimate of drug-likeness (QED) is 0.0320. The molecule has 75 heavy (non-hydrogen) atoms. The third kappa shape index (κ3) is 60.9. The molecule has 2 atom stereocenters. The van der Waals surface area contributed by atoms with Crippen molar-refractivity contribution >= 4 is 11.9 Å². The minimum Gasteiger partial charge on any atom is -0.466 e. The molecule has 2 unspecified atom stereocenters. The lowest BCUT2D eigenvalue weighted by atomic mass is 10.0. The maximum absolute atomic E-state index is 12.5. The molecule has 6 heteroatoms. The minimum absolute atomic E-state index is 0.00325. The summed E-state index contributed by atoms with van der Waals surface area (Å²) in [5, 5.41) is 23.3. The smallest absolute Gasteiger partial charge is 0.305 e.